The summed E-state index contributed by atoms with van der Waals surface area (Å²) >= 11 is 11.3. The van der Waals surface area contributed by atoms with E-state index in [0.29, 0.717) is 15.7 Å². The minimum atomic E-state index is -0.446. The van der Waals surface area contributed by atoms with Gasteiger partial charge >= 0.3 is 0 Å². The molecule has 6 heteroatoms. The molecule has 0 saturated heterocycles. The van der Waals surface area contributed by atoms with Gasteiger partial charge in [0.15, 0.2) is 0 Å². The molecule has 0 aliphatic carbocycles. The first-order chi connectivity index (χ1) is 8.97. The lowest BCUT2D eigenvalue weighted by Gasteiger charge is -2.09. The van der Waals surface area contributed by atoms with Crippen LogP contribution in [0.2, 0.25) is 5.02 Å². The average Bonchev–Trinajstić information content (AvgIpc) is 2.35. The molecular weight excluding hydrogens is 447 g/mol. The van der Waals surface area contributed by atoms with Crippen LogP contribution in [-0.4, -0.2) is 5.91 Å². The maximum Gasteiger partial charge on any atom is 0.256 e. The van der Waals surface area contributed by atoms with E-state index in [0.717, 1.165) is 9.64 Å². The average molecular weight is 454 g/mol. The number of carbonyl (C=O) groups is 1. The first kappa shape index (κ1) is 14.7. The van der Waals surface area contributed by atoms with Crippen LogP contribution >= 0.6 is 50.1 Å². The lowest BCUT2D eigenvalue weighted by atomic mass is 10.2. The Balaban J connectivity index is 2.28. The van der Waals surface area contributed by atoms with Crippen molar-refractivity contribution >= 4 is 61.7 Å². The van der Waals surface area contributed by atoms with Gasteiger partial charge < -0.3 is 5.32 Å². The quantitative estimate of drug-likeness (QED) is 0.629. The molecule has 0 spiro atoms. The van der Waals surface area contributed by atoms with Gasteiger partial charge in [-0.3, -0.25) is 4.79 Å². The van der Waals surface area contributed by atoms with E-state index in [1.165, 1.54) is 12.1 Å². The van der Waals surface area contributed by atoms with E-state index in [2.05, 4.69) is 43.8 Å². The van der Waals surface area contributed by atoms with Crippen LogP contribution in [0.25, 0.3) is 0 Å². The normalized spacial score (nSPS) is 10.3. The van der Waals surface area contributed by atoms with Crippen LogP contribution in [0, 0.1) is 9.39 Å². The Bertz CT molecular complexity index is 651. The summed E-state index contributed by atoms with van der Waals surface area (Å²) in [6.45, 7) is 0. The molecule has 0 radical (unpaired) electrons. The van der Waals surface area contributed by atoms with Gasteiger partial charge in [0.2, 0.25) is 0 Å². The smallest absolute Gasteiger partial charge is 0.256 e. The second kappa shape index (κ2) is 6.19. The van der Waals surface area contributed by atoms with Crippen molar-refractivity contribution in [3.63, 3.8) is 0 Å². The lowest BCUT2D eigenvalue weighted by Crippen LogP contribution is -2.13. The molecule has 1 N–H and O–H groups in total. The van der Waals surface area contributed by atoms with Crippen LogP contribution < -0.4 is 5.32 Å². The van der Waals surface area contributed by atoms with Crippen LogP contribution in [-0.2, 0) is 0 Å². The maximum atomic E-state index is 12.9. The minimum absolute atomic E-state index is 0.162. The Labute approximate surface area is 136 Å². The van der Waals surface area contributed by atoms with Crippen LogP contribution in [0.5, 0.6) is 0 Å². The molecule has 0 atom stereocenters. The van der Waals surface area contributed by atoms with Crippen molar-refractivity contribution in [2.75, 3.05) is 5.32 Å². The zero-order chi connectivity index (χ0) is 14.0. The summed E-state index contributed by atoms with van der Waals surface area (Å²) in [5, 5.41) is 2.81. The van der Waals surface area contributed by atoms with Gasteiger partial charge in [-0.15, -0.1) is 0 Å². The lowest BCUT2D eigenvalue weighted by molar-refractivity contribution is 0.102. The highest BCUT2D eigenvalue weighted by atomic mass is 127. The fourth-order valence-electron chi connectivity index (χ4n) is 1.45. The SMILES string of the molecule is O=C(Nc1ccc(F)cc1Cl)c1cc(I)ccc1Br. The van der Waals surface area contributed by atoms with Crippen LogP contribution in [0.4, 0.5) is 10.1 Å². The molecule has 2 aromatic rings. The number of rotatable bonds is 2. The highest BCUT2D eigenvalue weighted by molar-refractivity contribution is 14.1. The molecule has 0 saturated carbocycles. The topological polar surface area (TPSA) is 29.1 Å². The molecule has 19 heavy (non-hydrogen) atoms. The fraction of sp³-hybridized carbons (Fsp3) is 0. The summed E-state index contributed by atoms with van der Waals surface area (Å²) in [5.74, 6) is -0.752. The van der Waals surface area contributed by atoms with E-state index >= 15 is 0 Å². The van der Waals surface area contributed by atoms with Crippen molar-refractivity contribution in [1.82, 2.24) is 0 Å². The highest BCUT2D eigenvalue weighted by Gasteiger charge is 2.12. The summed E-state index contributed by atoms with van der Waals surface area (Å²) in [6, 6.07) is 9.25. The second-order valence-electron chi connectivity index (χ2n) is 3.70. The molecular formula is C13H7BrClFINO. The molecule has 2 aromatic carbocycles. The molecule has 0 fully saturated rings. The molecule has 0 aromatic heterocycles. The van der Waals surface area contributed by atoms with Crippen LogP contribution in [0.1, 0.15) is 10.4 Å². The zero-order valence-electron chi connectivity index (χ0n) is 9.38. The molecule has 0 bridgehead atoms. The Kier molecular flexibility index (Phi) is 4.81. The fourth-order valence-corrected chi connectivity index (χ4v) is 2.58. The number of hydrogen-bond acceptors (Lipinski definition) is 1. The number of carbonyl (C=O) groups excluding carboxylic acids is 1. The van der Waals surface area contributed by atoms with Gasteiger partial charge in [-0.05, 0) is 74.9 Å². The third-order valence-electron chi connectivity index (χ3n) is 2.35. The van der Waals surface area contributed by atoms with E-state index in [1.807, 2.05) is 6.07 Å². The van der Waals surface area contributed by atoms with E-state index in [4.69, 9.17) is 11.6 Å². The Morgan fingerprint density at radius 2 is 2.00 bits per heavy atom. The number of hydrogen-bond donors (Lipinski definition) is 1. The number of benzene rings is 2. The monoisotopic (exact) mass is 453 g/mol. The first-order valence-electron chi connectivity index (χ1n) is 5.19. The first-order valence-corrected chi connectivity index (χ1v) is 7.44. The summed E-state index contributed by atoms with van der Waals surface area (Å²) in [7, 11) is 0. The molecule has 0 unspecified atom stereocenters. The molecule has 0 heterocycles. The number of halogens is 4. The van der Waals surface area contributed by atoms with Crippen molar-refractivity contribution in [3.8, 4) is 0 Å². The van der Waals surface area contributed by atoms with Crippen molar-refractivity contribution in [2.45, 2.75) is 0 Å². The highest BCUT2D eigenvalue weighted by Crippen LogP contribution is 2.25. The van der Waals surface area contributed by atoms with Gasteiger partial charge in [-0.1, -0.05) is 11.6 Å². The van der Waals surface area contributed by atoms with E-state index in [1.54, 1.807) is 12.1 Å². The number of nitrogens with one attached hydrogen (secondary N) is 1. The van der Waals surface area contributed by atoms with Crippen LogP contribution in [0.15, 0.2) is 40.9 Å². The minimum Gasteiger partial charge on any atom is -0.321 e. The Morgan fingerprint density at radius 1 is 1.26 bits per heavy atom. The summed E-state index contributed by atoms with van der Waals surface area (Å²) in [5.41, 5.74) is 0.867. The molecule has 1 amide bonds. The Morgan fingerprint density at radius 3 is 2.68 bits per heavy atom. The number of anilines is 1. The third kappa shape index (κ3) is 3.67. The van der Waals surface area contributed by atoms with E-state index < -0.39 is 5.82 Å². The molecule has 98 valence electrons. The standard InChI is InChI=1S/C13H7BrClFINO/c14-10-3-2-8(17)6-9(10)13(19)18-12-4-1-7(16)5-11(12)15/h1-6H,(H,18,19). The van der Waals surface area contributed by atoms with Crippen molar-refractivity contribution < 1.29 is 9.18 Å². The van der Waals surface area contributed by atoms with Gasteiger partial charge in [0.1, 0.15) is 5.82 Å². The predicted molar refractivity (Wildman–Crippen MR) is 86.2 cm³/mol. The van der Waals surface area contributed by atoms with Crippen molar-refractivity contribution in [3.05, 3.63) is 60.8 Å². The largest absolute Gasteiger partial charge is 0.321 e. The molecule has 0 aliphatic heterocycles. The summed E-state index contributed by atoms with van der Waals surface area (Å²) < 4.78 is 14.5. The van der Waals surface area contributed by atoms with Gasteiger partial charge in [0.25, 0.3) is 5.91 Å². The number of amides is 1. The Hall–Kier alpha value is -0.660. The van der Waals surface area contributed by atoms with Gasteiger partial charge in [0, 0.05) is 8.04 Å². The van der Waals surface area contributed by atoms with Crippen molar-refractivity contribution in [2.24, 2.45) is 0 Å². The van der Waals surface area contributed by atoms with Crippen LogP contribution in [0.3, 0.4) is 0 Å². The maximum absolute atomic E-state index is 12.9. The predicted octanol–water partition coefficient (Wildman–Crippen LogP) is 5.10. The van der Waals surface area contributed by atoms with Gasteiger partial charge in [-0.25, -0.2) is 4.39 Å². The van der Waals surface area contributed by atoms with E-state index in [-0.39, 0.29) is 10.9 Å². The van der Waals surface area contributed by atoms with Gasteiger partial charge in [-0.2, -0.15) is 0 Å². The van der Waals surface area contributed by atoms with E-state index in [9.17, 15) is 9.18 Å². The molecule has 2 rings (SSSR count). The summed E-state index contributed by atoms with van der Waals surface area (Å²) in [6.07, 6.45) is 0. The third-order valence-corrected chi connectivity index (χ3v) is 4.03. The van der Waals surface area contributed by atoms with Gasteiger partial charge in [0.05, 0.1) is 16.3 Å². The zero-order valence-corrected chi connectivity index (χ0v) is 13.9. The molecule has 0 aliphatic rings. The summed E-state index contributed by atoms with van der Waals surface area (Å²) in [4.78, 5) is 12.1. The molecule has 2 nitrogen and oxygen atoms in total. The second-order valence-corrected chi connectivity index (χ2v) is 6.21. The van der Waals surface area contributed by atoms with Crippen molar-refractivity contribution in [1.29, 1.82) is 0 Å².